The highest BCUT2D eigenvalue weighted by Crippen LogP contribution is 2.37. The number of carbonyl (C=O) groups is 1. The van der Waals surface area contributed by atoms with E-state index in [0.717, 1.165) is 19.4 Å². The molecule has 2 rings (SSSR count). The zero-order chi connectivity index (χ0) is 11.5. The fourth-order valence-corrected chi connectivity index (χ4v) is 2.56. The lowest BCUT2D eigenvalue weighted by molar-refractivity contribution is -0.126. The molecule has 1 saturated heterocycles. The van der Waals surface area contributed by atoms with Gasteiger partial charge >= 0.3 is 0 Å². The second-order valence-corrected chi connectivity index (χ2v) is 4.55. The lowest BCUT2D eigenvalue weighted by Gasteiger charge is -2.45. The first kappa shape index (κ1) is 11.8. The van der Waals surface area contributed by atoms with Crippen molar-refractivity contribution in [1.29, 1.82) is 0 Å². The van der Waals surface area contributed by atoms with E-state index in [-0.39, 0.29) is 24.1 Å². The van der Waals surface area contributed by atoms with Crippen molar-refractivity contribution >= 4 is 5.91 Å². The maximum absolute atomic E-state index is 11.6. The summed E-state index contributed by atoms with van der Waals surface area (Å²) in [6.45, 7) is 1.39. The van der Waals surface area contributed by atoms with Crippen LogP contribution in [0.5, 0.6) is 0 Å². The zero-order valence-electron chi connectivity index (χ0n) is 9.65. The minimum absolute atomic E-state index is 0.0162. The highest BCUT2D eigenvalue weighted by Gasteiger charge is 2.52. The first-order valence-electron chi connectivity index (χ1n) is 5.89. The summed E-state index contributed by atoms with van der Waals surface area (Å²) in [5.74, 6) is 0.496. The molecular formula is C11H20N2O3. The van der Waals surface area contributed by atoms with Crippen molar-refractivity contribution in [2.24, 2.45) is 11.7 Å². The summed E-state index contributed by atoms with van der Waals surface area (Å²) in [7, 11) is 1.64. The molecule has 92 valence electrons. The fourth-order valence-electron chi connectivity index (χ4n) is 2.56. The van der Waals surface area contributed by atoms with Crippen LogP contribution in [-0.4, -0.2) is 44.4 Å². The molecular weight excluding hydrogens is 208 g/mol. The van der Waals surface area contributed by atoms with E-state index in [1.54, 1.807) is 7.11 Å². The molecule has 1 aliphatic carbocycles. The van der Waals surface area contributed by atoms with Crippen LogP contribution >= 0.6 is 0 Å². The van der Waals surface area contributed by atoms with Gasteiger partial charge in [0.25, 0.3) is 0 Å². The zero-order valence-corrected chi connectivity index (χ0v) is 9.65. The second kappa shape index (κ2) is 5.12. The predicted molar refractivity (Wildman–Crippen MR) is 58.9 cm³/mol. The minimum Gasteiger partial charge on any atom is -0.385 e. The average Bonchev–Trinajstić information content (AvgIpc) is 2.71. The van der Waals surface area contributed by atoms with Gasteiger partial charge in [-0.15, -0.1) is 0 Å². The van der Waals surface area contributed by atoms with Crippen LogP contribution in [-0.2, 0) is 14.3 Å². The van der Waals surface area contributed by atoms with Crippen LogP contribution in [0.4, 0.5) is 0 Å². The summed E-state index contributed by atoms with van der Waals surface area (Å²) in [5.41, 5.74) is 5.99. The third-order valence-corrected chi connectivity index (χ3v) is 3.53. The van der Waals surface area contributed by atoms with Gasteiger partial charge in [0.1, 0.15) is 0 Å². The van der Waals surface area contributed by atoms with Crippen molar-refractivity contribution in [3.05, 3.63) is 0 Å². The number of hydrogen-bond donors (Lipinski definition) is 2. The summed E-state index contributed by atoms with van der Waals surface area (Å²) in [5, 5.41) is 2.95. The molecule has 2 fully saturated rings. The fraction of sp³-hybridized carbons (Fsp3) is 0.909. The van der Waals surface area contributed by atoms with E-state index in [4.69, 9.17) is 15.2 Å². The summed E-state index contributed by atoms with van der Waals surface area (Å²) < 4.78 is 10.4. The highest BCUT2D eigenvalue weighted by molar-refractivity contribution is 5.76. The highest BCUT2D eigenvalue weighted by atomic mass is 16.5. The Labute approximate surface area is 95.7 Å². The normalized spacial score (nSPS) is 36.6. The Morgan fingerprint density at radius 2 is 2.44 bits per heavy atom. The molecule has 5 heteroatoms. The molecule has 1 saturated carbocycles. The first-order chi connectivity index (χ1) is 7.74. The Kier molecular flexibility index (Phi) is 3.78. The van der Waals surface area contributed by atoms with Crippen molar-refractivity contribution in [3.63, 3.8) is 0 Å². The number of rotatable bonds is 5. The van der Waals surface area contributed by atoms with Crippen molar-refractivity contribution in [3.8, 4) is 0 Å². The van der Waals surface area contributed by atoms with Gasteiger partial charge in [-0.3, -0.25) is 4.79 Å². The van der Waals surface area contributed by atoms with Gasteiger partial charge in [-0.2, -0.15) is 0 Å². The lowest BCUT2D eigenvalue weighted by Crippen LogP contribution is -2.68. The van der Waals surface area contributed by atoms with Crippen molar-refractivity contribution in [1.82, 2.24) is 5.32 Å². The van der Waals surface area contributed by atoms with Gasteiger partial charge in [0, 0.05) is 38.7 Å². The number of carbonyl (C=O) groups excluding carboxylic acids is 1. The van der Waals surface area contributed by atoms with Crippen LogP contribution < -0.4 is 11.1 Å². The van der Waals surface area contributed by atoms with Gasteiger partial charge in [0.2, 0.25) is 5.91 Å². The standard InChI is InChI=1S/C11H20N2O3/c1-15-5-2-3-8(14)13-10-9(12)7-4-6-16-11(7)10/h7,9-11H,2-6,12H2,1H3,(H,13,14). The molecule has 0 bridgehead atoms. The maximum Gasteiger partial charge on any atom is 0.220 e. The molecule has 2 aliphatic rings. The number of hydrogen-bond acceptors (Lipinski definition) is 4. The molecule has 3 N–H and O–H groups in total. The number of nitrogens with one attached hydrogen (secondary N) is 1. The molecule has 0 radical (unpaired) electrons. The number of ether oxygens (including phenoxy) is 2. The monoisotopic (exact) mass is 228 g/mol. The SMILES string of the molecule is COCCCC(=O)NC1C(N)C2CCOC21. The van der Waals surface area contributed by atoms with Gasteiger partial charge in [-0.25, -0.2) is 0 Å². The molecule has 0 spiro atoms. The topological polar surface area (TPSA) is 73.6 Å². The Balaban J connectivity index is 1.71. The summed E-state index contributed by atoms with van der Waals surface area (Å²) >= 11 is 0. The summed E-state index contributed by atoms with van der Waals surface area (Å²) in [6, 6.07) is 0.0846. The van der Waals surface area contributed by atoms with Crippen LogP contribution in [0.1, 0.15) is 19.3 Å². The molecule has 0 aromatic carbocycles. The average molecular weight is 228 g/mol. The van der Waals surface area contributed by atoms with Crippen molar-refractivity contribution < 1.29 is 14.3 Å². The molecule has 4 unspecified atom stereocenters. The smallest absolute Gasteiger partial charge is 0.220 e. The van der Waals surface area contributed by atoms with Crippen LogP contribution in [0.2, 0.25) is 0 Å². The Morgan fingerprint density at radius 3 is 3.19 bits per heavy atom. The third-order valence-electron chi connectivity index (χ3n) is 3.53. The van der Waals surface area contributed by atoms with Crippen LogP contribution in [0.25, 0.3) is 0 Å². The third kappa shape index (κ3) is 2.21. The molecule has 1 aliphatic heterocycles. The predicted octanol–water partition coefficient (Wildman–Crippen LogP) is -0.356. The van der Waals surface area contributed by atoms with Gasteiger partial charge in [-0.1, -0.05) is 0 Å². The second-order valence-electron chi connectivity index (χ2n) is 4.55. The molecule has 1 heterocycles. The van der Waals surface area contributed by atoms with Crippen LogP contribution in [0.15, 0.2) is 0 Å². The van der Waals surface area contributed by atoms with E-state index < -0.39 is 0 Å². The summed E-state index contributed by atoms with van der Waals surface area (Å²) in [4.78, 5) is 11.6. The van der Waals surface area contributed by atoms with E-state index in [0.29, 0.717) is 18.9 Å². The van der Waals surface area contributed by atoms with E-state index in [1.165, 1.54) is 0 Å². The van der Waals surface area contributed by atoms with E-state index in [1.807, 2.05) is 0 Å². The number of nitrogens with two attached hydrogens (primary N) is 1. The maximum atomic E-state index is 11.6. The Bertz CT molecular complexity index is 260. The molecule has 5 nitrogen and oxygen atoms in total. The first-order valence-corrected chi connectivity index (χ1v) is 5.89. The molecule has 4 atom stereocenters. The molecule has 1 amide bonds. The minimum atomic E-state index is 0.0162. The Hall–Kier alpha value is -0.650. The number of fused-ring (bicyclic) bond motifs is 1. The van der Waals surface area contributed by atoms with Gasteiger partial charge in [-0.05, 0) is 12.8 Å². The number of amides is 1. The Morgan fingerprint density at radius 1 is 1.62 bits per heavy atom. The molecule has 0 aromatic rings. The van der Waals surface area contributed by atoms with E-state index >= 15 is 0 Å². The van der Waals surface area contributed by atoms with Crippen molar-refractivity contribution in [2.75, 3.05) is 20.3 Å². The number of methoxy groups -OCH3 is 1. The van der Waals surface area contributed by atoms with Gasteiger partial charge in [0.15, 0.2) is 0 Å². The largest absolute Gasteiger partial charge is 0.385 e. The van der Waals surface area contributed by atoms with E-state index in [9.17, 15) is 4.79 Å². The van der Waals surface area contributed by atoms with Gasteiger partial charge in [0.05, 0.1) is 12.1 Å². The van der Waals surface area contributed by atoms with Gasteiger partial charge < -0.3 is 20.5 Å². The molecule has 16 heavy (non-hydrogen) atoms. The van der Waals surface area contributed by atoms with Crippen LogP contribution in [0.3, 0.4) is 0 Å². The van der Waals surface area contributed by atoms with E-state index in [2.05, 4.69) is 5.32 Å². The van der Waals surface area contributed by atoms with Crippen LogP contribution in [0, 0.1) is 5.92 Å². The summed E-state index contributed by atoms with van der Waals surface area (Å²) in [6.07, 6.45) is 2.43. The van der Waals surface area contributed by atoms with Crippen molar-refractivity contribution in [2.45, 2.75) is 37.5 Å². The lowest BCUT2D eigenvalue weighted by atomic mass is 9.72. The molecule has 0 aromatic heterocycles. The quantitative estimate of drug-likeness (QED) is 0.630.